The smallest absolute Gasteiger partial charge is 0.258 e. The van der Waals surface area contributed by atoms with Crippen LogP contribution in [0.2, 0.25) is 0 Å². The van der Waals surface area contributed by atoms with Crippen LogP contribution in [0.3, 0.4) is 0 Å². The van der Waals surface area contributed by atoms with Gasteiger partial charge < -0.3 is 10.6 Å². The molecule has 0 spiro atoms. The van der Waals surface area contributed by atoms with Crippen molar-refractivity contribution in [1.82, 2.24) is 14.7 Å². The third-order valence-electron chi connectivity index (χ3n) is 5.03. The molecule has 1 saturated heterocycles. The molecule has 7 heteroatoms. The number of nitrogens with zero attached hydrogens (tertiary/aromatic N) is 3. The van der Waals surface area contributed by atoms with Crippen LogP contribution in [0.1, 0.15) is 35.2 Å². The molecular formula is C21H22N4O2S. The van der Waals surface area contributed by atoms with Gasteiger partial charge in [-0.05, 0) is 36.3 Å². The maximum Gasteiger partial charge on any atom is 0.258 e. The van der Waals surface area contributed by atoms with E-state index in [9.17, 15) is 9.59 Å². The van der Waals surface area contributed by atoms with E-state index >= 15 is 0 Å². The fraction of sp³-hybridized carbons (Fsp3) is 0.286. The second-order valence-electron chi connectivity index (χ2n) is 6.96. The molecule has 6 nitrogen and oxygen atoms in total. The zero-order chi connectivity index (χ0) is 19.5. The topological polar surface area (TPSA) is 81.2 Å². The number of aromatic nitrogens is 2. The summed E-state index contributed by atoms with van der Waals surface area (Å²) in [5.74, 6) is -0.617. The molecule has 0 aliphatic carbocycles. The molecule has 1 aromatic carbocycles. The van der Waals surface area contributed by atoms with Crippen LogP contribution in [0.25, 0.3) is 10.6 Å². The number of hydrogen-bond acceptors (Lipinski definition) is 4. The molecular weight excluding hydrogens is 372 g/mol. The zero-order valence-corrected chi connectivity index (χ0v) is 16.3. The Morgan fingerprint density at radius 3 is 2.68 bits per heavy atom. The maximum absolute atomic E-state index is 13.4. The largest absolute Gasteiger partial charge is 0.368 e. The molecule has 4 rings (SSSR count). The summed E-state index contributed by atoms with van der Waals surface area (Å²) in [5, 5.41) is 6.66. The standard InChI is InChI=1S/C21H22N4O2S/c22-20(26)17-9-4-5-11-25(17)21(27)16-14-24(13-15-7-2-1-3-8-15)23-19(16)18-10-6-12-28-18/h1-3,6-8,10,12,14,17H,4-5,9,11,13H2,(H2,22,26)/t17-/m0/s1. The van der Waals surface area contributed by atoms with Crippen LogP contribution < -0.4 is 5.73 Å². The fourth-order valence-corrected chi connectivity index (χ4v) is 4.37. The number of piperidine rings is 1. The van der Waals surface area contributed by atoms with Crippen molar-refractivity contribution in [3.05, 3.63) is 65.2 Å². The zero-order valence-electron chi connectivity index (χ0n) is 15.5. The number of rotatable bonds is 5. The Morgan fingerprint density at radius 1 is 1.14 bits per heavy atom. The normalized spacial score (nSPS) is 16.9. The second kappa shape index (κ2) is 7.98. The van der Waals surface area contributed by atoms with Gasteiger partial charge in [0.15, 0.2) is 0 Å². The molecule has 2 aromatic heterocycles. The van der Waals surface area contributed by atoms with Gasteiger partial charge >= 0.3 is 0 Å². The van der Waals surface area contributed by atoms with Crippen LogP contribution in [-0.2, 0) is 11.3 Å². The van der Waals surface area contributed by atoms with E-state index < -0.39 is 11.9 Å². The molecule has 0 bridgehead atoms. The highest BCUT2D eigenvalue weighted by Gasteiger charge is 2.33. The number of benzene rings is 1. The molecule has 144 valence electrons. The summed E-state index contributed by atoms with van der Waals surface area (Å²) in [7, 11) is 0. The first-order valence-electron chi connectivity index (χ1n) is 9.39. The molecule has 2 N–H and O–H groups in total. The maximum atomic E-state index is 13.4. The Kier molecular flexibility index (Phi) is 5.25. The lowest BCUT2D eigenvalue weighted by Gasteiger charge is -2.33. The summed E-state index contributed by atoms with van der Waals surface area (Å²) in [6.07, 6.45) is 4.19. The van der Waals surface area contributed by atoms with Gasteiger partial charge in [-0.2, -0.15) is 5.10 Å². The summed E-state index contributed by atoms with van der Waals surface area (Å²) >= 11 is 1.54. The summed E-state index contributed by atoms with van der Waals surface area (Å²) in [6.45, 7) is 1.12. The summed E-state index contributed by atoms with van der Waals surface area (Å²) in [5.41, 5.74) is 7.85. The number of thiophene rings is 1. The van der Waals surface area contributed by atoms with Crippen LogP contribution in [0.5, 0.6) is 0 Å². The van der Waals surface area contributed by atoms with Crippen molar-refractivity contribution in [2.45, 2.75) is 31.8 Å². The van der Waals surface area contributed by atoms with Gasteiger partial charge in [0.05, 0.1) is 17.0 Å². The third-order valence-corrected chi connectivity index (χ3v) is 5.90. The van der Waals surface area contributed by atoms with Crippen LogP contribution in [0.15, 0.2) is 54.0 Å². The number of likely N-dealkylation sites (tertiary alicyclic amines) is 1. The first kappa shape index (κ1) is 18.4. The lowest BCUT2D eigenvalue weighted by Crippen LogP contribution is -2.50. The van der Waals surface area contributed by atoms with E-state index in [1.807, 2.05) is 47.8 Å². The van der Waals surface area contributed by atoms with Crippen molar-refractivity contribution in [2.24, 2.45) is 5.73 Å². The monoisotopic (exact) mass is 394 g/mol. The van der Waals surface area contributed by atoms with Crippen LogP contribution in [0, 0.1) is 0 Å². The van der Waals surface area contributed by atoms with Gasteiger partial charge in [-0.1, -0.05) is 36.4 Å². The van der Waals surface area contributed by atoms with Gasteiger partial charge in [-0.3, -0.25) is 14.3 Å². The minimum atomic E-state index is -0.546. The third kappa shape index (κ3) is 3.71. The van der Waals surface area contributed by atoms with Crippen LogP contribution in [-0.4, -0.2) is 39.1 Å². The van der Waals surface area contributed by atoms with Crippen molar-refractivity contribution in [3.8, 4) is 10.6 Å². The van der Waals surface area contributed by atoms with Gasteiger partial charge in [0.25, 0.3) is 5.91 Å². The Bertz CT molecular complexity index is 966. The molecule has 3 aromatic rings. The van der Waals surface area contributed by atoms with E-state index in [1.54, 1.807) is 27.1 Å². The molecule has 0 saturated carbocycles. The summed E-state index contributed by atoms with van der Waals surface area (Å²) in [4.78, 5) is 27.8. The number of carbonyl (C=O) groups excluding carboxylic acids is 2. The Balaban J connectivity index is 1.70. The molecule has 1 aliphatic heterocycles. The average molecular weight is 395 g/mol. The quantitative estimate of drug-likeness (QED) is 0.722. The van der Waals surface area contributed by atoms with E-state index in [4.69, 9.17) is 10.8 Å². The predicted octanol–water partition coefficient (Wildman–Crippen LogP) is 3.14. The van der Waals surface area contributed by atoms with Gasteiger partial charge in [-0.25, -0.2) is 0 Å². The summed E-state index contributed by atoms with van der Waals surface area (Å²) < 4.78 is 1.79. The van der Waals surface area contributed by atoms with Crippen molar-refractivity contribution in [1.29, 1.82) is 0 Å². The molecule has 1 atom stereocenters. The molecule has 1 fully saturated rings. The highest BCUT2D eigenvalue weighted by molar-refractivity contribution is 7.13. The van der Waals surface area contributed by atoms with Crippen LogP contribution in [0.4, 0.5) is 0 Å². The van der Waals surface area contributed by atoms with Crippen LogP contribution >= 0.6 is 11.3 Å². The van der Waals surface area contributed by atoms with Crippen molar-refractivity contribution in [2.75, 3.05) is 6.54 Å². The van der Waals surface area contributed by atoms with Gasteiger partial charge in [0, 0.05) is 12.7 Å². The van der Waals surface area contributed by atoms with Crippen molar-refractivity contribution >= 4 is 23.2 Å². The molecule has 1 aliphatic rings. The van der Waals surface area contributed by atoms with E-state index in [0.717, 1.165) is 23.3 Å². The molecule has 2 amide bonds. The van der Waals surface area contributed by atoms with Crippen molar-refractivity contribution in [3.63, 3.8) is 0 Å². The summed E-state index contributed by atoms with van der Waals surface area (Å²) in [6, 6.07) is 13.3. The highest BCUT2D eigenvalue weighted by Crippen LogP contribution is 2.29. The number of nitrogens with two attached hydrogens (primary N) is 1. The lowest BCUT2D eigenvalue weighted by molar-refractivity contribution is -0.123. The van der Waals surface area contributed by atoms with Crippen molar-refractivity contribution < 1.29 is 9.59 Å². The minimum absolute atomic E-state index is 0.175. The number of carbonyl (C=O) groups is 2. The first-order chi connectivity index (χ1) is 13.6. The number of amides is 2. The molecule has 0 unspecified atom stereocenters. The molecule has 3 heterocycles. The van der Waals surface area contributed by atoms with Gasteiger partial charge in [0.2, 0.25) is 5.91 Å². The van der Waals surface area contributed by atoms with E-state index in [1.165, 1.54) is 0 Å². The molecule has 28 heavy (non-hydrogen) atoms. The van der Waals surface area contributed by atoms with Gasteiger partial charge in [-0.15, -0.1) is 11.3 Å². The Hall–Kier alpha value is -2.93. The number of primary amides is 1. The lowest BCUT2D eigenvalue weighted by atomic mass is 10.0. The Labute approximate surface area is 167 Å². The average Bonchev–Trinajstić information content (AvgIpc) is 3.38. The van der Waals surface area contributed by atoms with Gasteiger partial charge in [0.1, 0.15) is 11.7 Å². The molecule has 0 radical (unpaired) electrons. The fourth-order valence-electron chi connectivity index (χ4n) is 3.65. The number of hydrogen-bond donors (Lipinski definition) is 1. The van der Waals surface area contributed by atoms with E-state index in [2.05, 4.69) is 0 Å². The SMILES string of the molecule is NC(=O)[C@@H]1CCCCN1C(=O)c1cn(Cc2ccccc2)nc1-c1cccs1. The minimum Gasteiger partial charge on any atom is -0.368 e. The second-order valence-corrected chi connectivity index (χ2v) is 7.91. The Morgan fingerprint density at radius 2 is 1.96 bits per heavy atom. The van der Waals surface area contributed by atoms with E-state index in [0.29, 0.717) is 30.8 Å². The first-order valence-corrected chi connectivity index (χ1v) is 10.3. The highest BCUT2D eigenvalue weighted by atomic mass is 32.1. The van der Waals surface area contributed by atoms with E-state index in [-0.39, 0.29) is 5.91 Å². The predicted molar refractivity (Wildman–Crippen MR) is 109 cm³/mol.